The largest absolute Gasteiger partial charge is 0.481 e. The molecule has 2 N–H and O–H groups in total. The lowest BCUT2D eigenvalue weighted by atomic mass is 9.87. The predicted octanol–water partition coefficient (Wildman–Crippen LogP) is 3.77. The number of carbonyl (C=O) groups is 1. The van der Waals surface area contributed by atoms with E-state index in [-0.39, 0.29) is 16.9 Å². The summed E-state index contributed by atoms with van der Waals surface area (Å²) >= 11 is 0. The Bertz CT molecular complexity index is 1140. The van der Waals surface area contributed by atoms with Crippen molar-refractivity contribution in [1.82, 2.24) is 9.29 Å². The third-order valence-corrected chi connectivity index (χ3v) is 7.31. The zero-order valence-electron chi connectivity index (χ0n) is 16.2. The summed E-state index contributed by atoms with van der Waals surface area (Å²) < 4.78 is 30.6. The fraction of sp³-hybridized carbons (Fsp3) is 0.318. The summed E-state index contributed by atoms with van der Waals surface area (Å²) in [5.74, 6) is -1.16. The van der Waals surface area contributed by atoms with Gasteiger partial charge in [0.05, 0.1) is 10.8 Å². The van der Waals surface area contributed by atoms with Crippen molar-refractivity contribution >= 4 is 26.9 Å². The Morgan fingerprint density at radius 2 is 1.72 bits per heavy atom. The van der Waals surface area contributed by atoms with Gasteiger partial charge in [0.15, 0.2) is 0 Å². The van der Waals surface area contributed by atoms with Gasteiger partial charge in [0.25, 0.3) is 0 Å². The topological polar surface area (TPSA) is 88.4 Å². The zero-order valence-corrected chi connectivity index (χ0v) is 17.0. The second-order valence-electron chi connectivity index (χ2n) is 7.68. The number of nitrogens with zero attached hydrogens (tertiary/aromatic N) is 1. The van der Waals surface area contributed by atoms with Crippen molar-refractivity contribution in [2.24, 2.45) is 13.0 Å². The highest BCUT2D eigenvalue weighted by molar-refractivity contribution is 7.89. The van der Waals surface area contributed by atoms with Gasteiger partial charge in [0.1, 0.15) is 0 Å². The van der Waals surface area contributed by atoms with Crippen LogP contribution in [0.2, 0.25) is 0 Å². The zero-order chi connectivity index (χ0) is 20.6. The van der Waals surface area contributed by atoms with E-state index in [1.807, 2.05) is 49.5 Å². The van der Waals surface area contributed by atoms with Gasteiger partial charge >= 0.3 is 5.97 Å². The van der Waals surface area contributed by atoms with Crippen LogP contribution < -0.4 is 4.72 Å². The lowest BCUT2D eigenvalue weighted by molar-refractivity contribution is -0.142. The average Bonchev–Trinajstić information content (AvgIpc) is 3.05. The van der Waals surface area contributed by atoms with Crippen LogP contribution >= 0.6 is 0 Å². The van der Waals surface area contributed by atoms with E-state index in [9.17, 15) is 13.2 Å². The fourth-order valence-electron chi connectivity index (χ4n) is 4.13. The van der Waals surface area contributed by atoms with Crippen LogP contribution in [0.5, 0.6) is 0 Å². The molecule has 1 fully saturated rings. The lowest BCUT2D eigenvalue weighted by Crippen LogP contribution is -2.38. The first kappa shape index (κ1) is 19.7. The quantitative estimate of drug-likeness (QED) is 0.668. The maximum atomic E-state index is 12.9. The molecule has 4 rings (SSSR count). The predicted molar refractivity (Wildman–Crippen MR) is 112 cm³/mol. The minimum absolute atomic E-state index is 0.220. The Morgan fingerprint density at radius 3 is 2.38 bits per heavy atom. The van der Waals surface area contributed by atoms with E-state index in [1.54, 1.807) is 12.1 Å². The molecule has 0 unspecified atom stereocenters. The molecular weight excluding hydrogens is 388 g/mol. The van der Waals surface area contributed by atoms with Crippen molar-refractivity contribution < 1.29 is 18.3 Å². The summed E-state index contributed by atoms with van der Waals surface area (Å²) in [4.78, 5) is 11.3. The molecule has 0 atom stereocenters. The number of benzene rings is 2. The van der Waals surface area contributed by atoms with Crippen LogP contribution in [-0.2, 0) is 21.9 Å². The highest BCUT2D eigenvalue weighted by Crippen LogP contribution is 2.30. The number of hydrogen-bond acceptors (Lipinski definition) is 3. The van der Waals surface area contributed by atoms with Crippen LogP contribution in [0.4, 0.5) is 0 Å². The molecule has 1 saturated carbocycles. The van der Waals surface area contributed by atoms with Gasteiger partial charge in [-0.05, 0) is 55.5 Å². The number of carboxylic acids is 1. The molecule has 6 nitrogen and oxygen atoms in total. The fourth-order valence-corrected chi connectivity index (χ4v) is 5.47. The molecule has 0 saturated heterocycles. The van der Waals surface area contributed by atoms with E-state index in [2.05, 4.69) is 9.29 Å². The highest BCUT2D eigenvalue weighted by atomic mass is 32.2. The number of carboxylic acid groups (broad SMARTS) is 1. The summed E-state index contributed by atoms with van der Waals surface area (Å²) in [5.41, 5.74) is 3.06. The standard InChI is InChI=1S/C22H24N2O4S/c1-24-20-12-11-19(13-17(20)14-21(24)15-5-3-2-4-6-15)29(27,28)23-18-9-7-16(8-10-18)22(25)26/h2-6,11-14,16,18,23H,7-10H2,1H3,(H,25,26)/t16-,18-. The van der Waals surface area contributed by atoms with Gasteiger partial charge in [-0.1, -0.05) is 30.3 Å². The van der Waals surface area contributed by atoms with Crippen LogP contribution in [0.3, 0.4) is 0 Å². The summed E-state index contributed by atoms with van der Waals surface area (Å²) in [7, 11) is -1.69. The number of rotatable bonds is 5. The third-order valence-electron chi connectivity index (χ3n) is 5.79. The summed E-state index contributed by atoms with van der Waals surface area (Å²) in [6.45, 7) is 0. The summed E-state index contributed by atoms with van der Waals surface area (Å²) in [5, 5.41) is 9.97. The Hall–Kier alpha value is -2.64. The Morgan fingerprint density at radius 1 is 1.03 bits per heavy atom. The molecule has 0 spiro atoms. The van der Waals surface area contributed by atoms with Crippen molar-refractivity contribution in [3.8, 4) is 11.3 Å². The minimum atomic E-state index is -3.66. The number of aliphatic carboxylic acids is 1. The van der Waals surface area contributed by atoms with Crippen LogP contribution in [0.25, 0.3) is 22.2 Å². The molecule has 1 aromatic heterocycles. The number of sulfonamides is 1. The molecule has 2 aromatic carbocycles. The van der Waals surface area contributed by atoms with E-state index >= 15 is 0 Å². The summed E-state index contributed by atoms with van der Waals surface area (Å²) in [6, 6.07) is 16.9. The Labute approximate surface area is 170 Å². The third kappa shape index (κ3) is 3.93. The average molecular weight is 413 g/mol. The van der Waals surface area contributed by atoms with Gasteiger partial charge in [0, 0.05) is 29.7 Å². The molecule has 0 radical (unpaired) electrons. The van der Waals surface area contributed by atoms with E-state index in [0.717, 1.165) is 22.2 Å². The molecule has 7 heteroatoms. The first-order valence-electron chi connectivity index (χ1n) is 9.75. The minimum Gasteiger partial charge on any atom is -0.481 e. The molecule has 1 heterocycles. The maximum absolute atomic E-state index is 12.9. The van der Waals surface area contributed by atoms with Crippen LogP contribution in [0.15, 0.2) is 59.5 Å². The normalized spacial score (nSPS) is 20.0. The van der Waals surface area contributed by atoms with Crippen LogP contribution in [0, 0.1) is 5.92 Å². The van der Waals surface area contributed by atoms with Gasteiger partial charge in [-0.15, -0.1) is 0 Å². The molecule has 1 aliphatic carbocycles. The van der Waals surface area contributed by atoms with Gasteiger partial charge in [-0.3, -0.25) is 4.79 Å². The van der Waals surface area contributed by atoms with E-state index in [0.29, 0.717) is 25.7 Å². The lowest BCUT2D eigenvalue weighted by Gasteiger charge is -2.26. The maximum Gasteiger partial charge on any atom is 0.306 e. The molecule has 0 bridgehead atoms. The van der Waals surface area contributed by atoms with E-state index in [4.69, 9.17) is 5.11 Å². The smallest absolute Gasteiger partial charge is 0.306 e. The SMILES string of the molecule is Cn1c(-c2ccccc2)cc2cc(S(=O)(=O)N[C@H]3CC[C@H](C(=O)O)CC3)ccc21. The van der Waals surface area contributed by atoms with Crippen molar-refractivity contribution in [3.63, 3.8) is 0 Å². The van der Waals surface area contributed by atoms with Gasteiger partial charge in [0.2, 0.25) is 10.0 Å². The highest BCUT2D eigenvalue weighted by Gasteiger charge is 2.29. The molecule has 3 aromatic rings. The second kappa shape index (κ2) is 7.65. The van der Waals surface area contributed by atoms with Gasteiger partial charge in [-0.25, -0.2) is 13.1 Å². The first-order valence-corrected chi connectivity index (χ1v) is 11.2. The molecule has 152 valence electrons. The monoisotopic (exact) mass is 412 g/mol. The number of aromatic nitrogens is 1. The first-order chi connectivity index (χ1) is 13.8. The van der Waals surface area contributed by atoms with Crippen LogP contribution in [0.1, 0.15) is 25.7 Å². The Balaban J connectivity index is 1.58. The van der Waals surface area contributed by atoms with Gasteiger partial charge in [-0.2, -0.15) is 0 Å². The molecule has 1 aliphatic rings. The number of hydrogen-bond donors (Lipinski definition) is 2. The summed E-state index contributed by atoms with van der Waals surface area (Å²) in [6.07, 6.45) is 2.09. The van der Waals surface area contributed by atoms with E-state index in [1.165, 1.54) is 0 Å². The van der Waals surface area contributed by atoms with Crippen LogP contribution in [-0.4, -0.2) is 30.1 Å². The molecule has 29 heavy (non-hydrogen) atoms. The molecule has 0 amide bonds. The Kier molecular flexibility index (Phi) is 5.19. The number of nitrogens with one attached hydrogen (secondary N) is 1. The van der Waals surface area contributed by atoms with Crippen molar-refractivity contribution in [3.05, 3.63) is 54.6 Å². The van der Waals surface area contributed by atoms with Crippen molar-refractivity contribution in [2.75, 3.05) is 0 Å². The van der Waals surface area contributed by atoms with Crippen molar-refractivity contribution in [1.29, 1.82) is 0 Å². The second-order valence-corrected chi connectivity index (χ2v) is 9.40. The van der Waals surface area contributed by atoms with Crippen molar-refractivity contribution in [2.45, 2.75) is 36.6 Å². The number of aryl methyl sites for hydroxylation is 1. The molecule has 0 aliphatic heterocycles. The van der Waals surface area contributed by atoms with E-state index < -0.39 is 16.0 Å². The molecular formula is C22H24N2O4S. The van der Waals surface area contributed by atoms with Gasteiger partial charge < -0.3 is 9.67 Å². The number of fused-ring (bicyclic) bond motifs is 1.